The predicted molar refractivity (Wildman–Crippen MR) is 88.5 cm³/mol. The molecule has 0 saturated carbocycles. The zero-order valence-electron chi connectivity index (χ0n) is 12.7. The Morgan fingerprint density at radius 3 is 2.37 bits per heavy atom. The fourth-order valence-corrected chi connectivity index (χ4v) is 4.99. The topological polar surface area (TPSA) is 20.3 Å². The van der Waals surface area contributed by atoms with Gasteiger partial charge in [-0.3, -0.25) is 4.79 Å². The summed E-state index contributed by atoms with van der Waals surface area (Å²) in [6.07, 6.45) is 2.67. The molecule has 0 aliphatic rings. The number of rotatable bonds is 6. The van der Waals surface area contributed by atoms with Gasteiger partial charge in [0, 0.05) is 13.1 Å². The maximum atomic E-state index is 12.6. The Balaban J connectivity index is 3.21. The van der Waals surface area contributed by atoms with Crippen molar-refractivity contribution >= 4 is 29.8 Å². The highest BCUT2D eigenvalue weighted by Gasteiger charge is 2.25. The van der Waals surface area contributed by atoms with Crippen molar-refractivity contribution in [3.8, 4) is 0 Å². The standard InChI is InChI=1S/C15H25NOSSi/c1-7-10-12-11-13(19(4,5)6)18-14(12)15(17)16(8-2)9-3/h7,11H,1,8-10H2,2-6H3. The molecule has 1 amide bonds. The maximum absolute atomic E-state index is 12.6. The van der Waals surface area contributed by atoms with Gasteiger partial charge in [-0.1, -0.05) is 25.7 Å². The van der Waals surface area contributed by atoms with Crippen LogP contribution in [0.15, 0.2) is 18.7 Å². The number of hydrogen-bond donors (Lipinski definition) is 0. The van der Waals surface area contributed by atoms with Gasteiger partial charge in [0.25, 0.3) is 5.91 Å². The smallest absolute Gasteiger partial charge is 0.264 e. The fraction of sp³-hybridized carbons (Fsp3) is 0.533. The number of hydrogen-bond acceptors (Lipinski definition) is 2. The Morgan fingerprint density at radius 1 is 1.37 bits per heavy atom. The largest absolute Gasteiger partial charge is 0.339 e. The molecular weight excluding hydrogens is 270 g/mol. The van der Waals surface area contributed by atoms with Gasteiger partial charge in [-0.15, -0.1) is 17.9 Å². The third-order valence-electron chi connectivity index (χ3n) is 3.16. The van der Waals surface area contributed by atoms with Gasteiger partial charge in [0.15, 0.2) is 0 Å². The van der Waals surface area contributed by atoms with Crippen LogP contribution in [0.5, 0.6) is 0 Å². The molecule has 0 fully saturated rings. The van der Waals surface area contributed by atoms with E-state index < -0.39 is 8.07 Å². The quantitative estimate of drug-likeness (QED) is 0.581. The van der Waals surface area contributed by atoms with Crippen LogP contribution in [0.1, 0.15) is 29.1 Å². The number of carbonyl (C=O) groups is 1. The van der Waals surface area contributed by atoms with Crippen molar-refractivity contribution in [1.82, 2.24) is 4.90 Å². The van der Waals surface area contributed by atoms with Gasteiger partial charge in [0.2, 0.25) is 0 Å². The van der Waals surface area contributed by atoms with Gasteiger partial charge in [-0.25, -0.2) is 0 Å². The molecule has 0 saturated heterocycles. The molecule has 19 heavy (non-hydrogen) atoms. The first-order chi connectivity index (χ1) is 8.85. The molecule has 0 aliphatic heterocycles. The van der Waals surface area contributed by atoms with Crippen molar-refractivity contribution in [2.45, 2.75) is 39.9 Å². The third-order valence-corrected chi connectivity index (χ3v) is 7.90. The SMILES string of the molecule is C=CCc1cc([Si](C)(C)C)sc1C(=O)N(CC)CC. The molecule has 1 heterocycles. The summed E-state index contributed by atoms with van der Waals surface area (Å²) in [7, 11) is -1.36. The molecule has 0 radical (unpaired) electrons. The van der Waals surface area contributed by atoms with E-state index in [2.05, 4.69) is 32.3 Å². The van der Waals surface area contributed by atoms with Crippen molar-refractivity contribution in [3.05, 3.63) is 29.2 Å². The maximum Gasteiger partial charge on any atom is 0.264 e. The molecule has 2 nitrogen and oxygen atoms in total. The van der Waals surface area contributed by atoms with Crippen LogP contribution in [0, 0.1) is 0 Å². The fourth-order valence-electron chi connectivity index (χ4n) is 1.94. The summed E-state index contributed by atoms with van der Waals surface area (Å²) < 4.78 is 1.40. The summed E-state index contributed by atoms with van der Waals surface area (Å²) in [5.74, 6) is 0.177. The van der Waals surface area contributed by atoms with E-state index in [0.29, 0.717) is 0 Å². The van der Waals surface area contributed by atoms with Gasteiger partial charge in [0.1, 0.15) is 0 Å². The van der Waals surface area contributed by atoms with Crippen molar-refractivity contribution < 1.29 is 4.79 Å². The molecule has 0 aromatic carbocycles. The number of allylic oxidation sites excluding steroid dienone is 1. The number of carbonyl (C=O) groups excluding carboxylic acids is 1. The van der Waals surface area contributed by atoms with Crippen molar-refractivity contribution in [3.63, 3.8) is 0 Å². The van der Waals surface area contributed by atoms with Gasteiger partial charge >= 0.3 is 0 Å². The lowest BCUT2D eigenvalue weighted by molar-refractivity contribution is 0.0777. The molecule has 1 rings (SSSR count). The molecule has 0 N–H and O–H groups in total. The van der Waals surface area contributed by atoms with Crippen LogP contribution in [-0.2, 0) is 6.42 Å². The minimum Gasteiger partial charge on any atom is -0.339 e. The first-order valence-electron chi connectivity index (χ1n) is 6.88. The lowest BCUT2D eigenvalue weighted by Gasteiger charge is -2.18. The van der Waals surface area contributed by atoms with Gasteiger partial charge in [-0.05, 0) is 36.4 Å². The molecular formula is C15H25NOSSi. The van der Waals surface area contributed by atoms with Gasteiger partial charge in [0.05, 0.1) is 13.0 Å². The van der Waals surface area contributed by atoms with Crippen LogP contribution in [0.25, 0.3) is 0 Å². The number of nitrogens with zero attached hydrogens (tertiary/aromatic N) is 1. The Labute approximate surface area is 122 Å². The van der Waals surface area contributed by atoms with Crippen LogP contribution in [0.3, 0.4) is 0 Å². The summed E-state index contributed by atoms with van der Waals surface area (Å²) in [4.78, 5) is 15.4. The summed E-state index contributed by atoms with van der Waals surface area (Å²) in [6, 6.07) is 2.23. The monoisotopic (exact) mass is 295 g/mol. The first kappa shape index (κ1) is 16.2. The Bertz CT molecular complexity index is 455. The summed E-state index contributed by atoms with van der Waals surface area (Å²) in [6.45, 7) is 16.4. The zero-order valence-corrected chi connectivity index (χ0v) is 14.6. The van der Waals surface area contributed by atoms with Crippen molar-refractivity contribution in [2.24, 2.45) is 0 Å². The molecule has 1 aromatic heterocycles. The Hall–Kier alpha value is -0.873. The molecule has 0 unspecified atom stereocenters. The van der Waals surface area contributed by atoms with Gasteiger partial charge < -0.3 is 4.90 Å². The first-order valence-corrected chi connectivity index (χ1v) is 11.2. The van der Waals surface area contributed by atoms with Crippen LogP contribution in [0.4, 0.5) is 0 Å². The zero-order chi connectivity index (χ0) is 14.6. The van der Waals surface area contributed by atoms with Crippen molar-refractivity contribution in [2.75, 3.05) is 13.1 Å². The molecule has 106 valence electrons. The van der Waals surface area contributed by atoms with Gasteiger partial charge in [-0.2, -0.15) is 0 Å². The molecule has 0 aliphatic carbocycles. The van der Waals surface area contributed by atoms with Crippen LogP contribution >= 0.6 is 11.3 Å². The molecule has 0 atom stereocenters. The summed E-state index contributed by atoms with van der Waals surface area (Å²) in [5.41, 5.74) is 1.15. The van der Waals surface area contributed by atoms with Crippen LogP contribution in [-0.4, -0.2) is 32.0 Å². The second-order valence-electron chi connectivity index (χ2n) is 5.69. The minimum absolute atomic E-state index is 0.177. The average molecular weight is 296 g/mol. The van der Waals surface area contributed by atoms with E-state index in [1.807, 2.05) is 24.8 Å². The van der Waals surface area contributed by atoms with Crippen LogP contribution in [0.2, 0.25) is 19.6 Å². The Kier molecular flexibility index (Phi) is 5.56. The predicted octanol–water partition coefficient (Wildman–Crippen LogP) is 3.50. The molecule has 4 heteroatoms. The minimum atomic E-state index is -1.36. The highest BCUT2D eigenvalue weighted by atomic mass is 32.1. The van der Waals surface area contributed by atoms with Crippen LogP contribution < -0.4 is 4.50 Å². The van der Waals surface area contributed by atoms with E-state index in [-0.39, 0.29) is 5.91 Å². The van der Waals surface area contributed by atoms with E-state index in [1.165, 1.54) is 4.50 Å². The van der Waals surface area contributed by atoms with E-state index in [9.17, 15) is 4.79 Å². The number of amides is 1. The molecule has 0 bridgehead atoms. The summed E-state index contributed by atoms with van der Waals surface area (Å²) >= 11 is 1.70. The van der Waals surface area contributed by atoms with E-state index in [0.717, 1.165) is 30.0 Å². The van der Waals surface area contributed by atoms with E-state index >= 15 is 0 Å². The lowest BCUT2D eigenvalue weighted by Crippen LogP contribution is -2.35. The lowest BCUT2D eigenvalue weighted by atomic mass is 10.2. The second-order valence-corrected chi connectivity index (χ2v) is 12.1. The van der Waals surface area contributed by atoms with E-state index in [4.69, 9.17) is 0 Å². The highest BCUT2D eigenvalue weighted by molar-refractivity contribution is 7.27. The Morgan fingerprint density at radius 2 is 1.95 bits per heavy atom. The number of thiophene rings is 1. The third kappa shape index (κ3) is 3.80. The average Bonchev–Trinajstić information content (AvgIpc) is 2.75. The summed E-state index contributed by atoms with van der Waals surface area (Å²) in [5, 5.41) is 0. The normalized spacial score (nSPS) is 11.4. The van der Waals surface area contributed by atoms with Crippen molar-refractivity contribution in [1.29, 1.82) is 0 Å². The van der Waals surface area contributed by atoms with E-state index in [1.54, 1.807) is 11.3 Å². The molecule has 1 aromatic rings. The molecule has 0 spiro atoms. The second kappa shape index (κ2) is 6.53. The highest BCUT2D eigenvalue weighted by Crippen LogP contribution is 2.22.